The second-order valence-electron chi connectivity index (χ2n) is 1.63. The molecule has 0 saturated carbocycles. The number of thiazole rings is 1. The Morgan fingerprint density at radius 2 is 2.17 bits per heavy atom. The summed E-state index contributed by atoms with van der Waals surface area (Å²) in [5.74, 6) is 0. The fourth-order valence-corrected chi connectivity index (χ4v) is 1.08. The van der Waals surface area contributed by atoms with Crippen LogP contribution in [0.2, 0.25) is 0 Å². The van der Waals surface area contributed by atoms with Gasteiger partial charge in [0.25, 0.3) is 5.13 Å². The molecule has 0 aliphatic carbocycles. The van der Waals surface area contributed by atoms with Gasteiger partial charge in [0, 0.05) is 0 Å². The Hall–Kier alpha value is -1.77. The molecule has 64 valence electrons. The van der Waals surface area contributed by atoms with Gasteiger partial charge >= 0.3 is 5.00 Å². The number of rotatable bonds is 3. The maximum atomic E-state index is 10.1. The van der Waals surface area contributed by atoms with Crippen LogP contribution in [0.25, 0.3) is 0 Å². The molecule has 12 heavy (non-hydrogen) atoms. The minimum atomic E-state index is -0.831. The lowest BCUT2D eigenvalue weighted by atomic mass is 10.9. The van der Waals surface area contributed by atoms with E-state index in [1.165, 1.54) is 0 Å². The van der Waals surface area contributed by atoms with Crippen molar-refractivity contribution in [3.8, 4) is 0 Å². The molecule has 1 N–H and O–H groups in total. The summed E-state index contributed by atoms with van der Waals surface area (Å²) in [4.78, 5) is 22.7. The molecule has 8 nitrogen and oxygen atoms in total. The van der Waals surface area contributed by atoms with Crippen molar-refractivity contribution in [3.05, 3.63) is 26.4 Å². The number of hydrogen-bond acceptors (Lipinski definition) is 6. The van der Waals surface area contributed by atoms with E-state index in [2.05, 4.69) is 4.98 Å². The van der Waals surface area contributed by atoms with Gasteiger partial charge in [-0.2, -0.15) is 0 Å². The van der Waals surface area contributed by atoms with E-state index in [-0.39, 0.29) is 10.1 Å². The molecule has 0 unspecified atom stereocenters. The number of nitrogens with one attached hydrogen (secondary N) is 1. The first-order chi connectivity index (χ1) is 5.59. The fraction of sp³-hybridized carbons (Fsp3) is 0. The van der Waals surface area contributed by atoms with Crippen LogP contribution in [-0.2, 0) is 0 Å². The zero-order valence-electron chi connectivity index (χ0n) is 5.46. The summed E-state index contributed by atoms with van der Waals surface area (Å²) in [6, 6.07) is 0. The molecular formula is C3H2N4O4S. The highest BCUT2D eigenvalue weighted by atomic mass is 32.1. The second-order valence-corrected chi connectivity index (χ2v) is 2.64. The lowest BCUT2D eigenvalue weighted by Crippen LogP contribution is -2.06. The third-order valence-electron chi connectivity index (χ3n) is 0.860. The number of aromatic nitrogens is 1. The van der Waals surface area contributed by atoms with Gasteiger partial charge in [-0.1, -0.05) is 5.43 Å². The molecule has 0 aliphatic rings. The Balaban J connectivity index is 2.77. The van der Waals surface area contributed by atoms with Crippen molar-refractivity contribution in [1.82, 2.24) is 4.98 Å². The largest absolute Gasteiger partial charge is 0.345 e. The highest BCUT2D eigenvalue weighted by Crippen LogP contribution is 2.24. The van der Waals surface area contributed by atoms with E-state index in [4.69, 9.17) is 0 Å². The van der Waals surface area contributed by atoms with Gasteiger partial charge in [-0.3, -0.25) is 10.1 Å². The van der Waals surface area contributed by atoms with Crippen molar-refractivity contribution >= 4 is 21.5 Å². The zero-order chi connectivity index (χ0) is 9.14. The van der Waals surface area contributed by atoms with Crippen LogP contribution in [0.4, 0.5) is 10.1 Å². The van der Waals surface area contributed by atoms with Crippen molar-refractivity contribution in [2.75, 3.05) is 5.43 Å². The first-order valence-corrected chi connectivity index (χ1v) is 3.42. The van der Waals surface area contributed by atoms with E-state index in [0.717, 1.165) is 6.20 Å². The van der Waals surface area contributed by atoms with Crippen molar-refractivity contribution in [2.45, 2.75) is 0 Å². The van der Waals surface area contributed by atoms with E-state index < -0.39 is 9.96 Å². The van der Waals surface area contributed by atoms with Gasteiger partial charge in [-0.25, -0.2) is 15.1 Å². The van der Waals surface area contributed by atoms with Gasteiger partial charge in [0.1, 0.15) is 6.20 Å². The molecule has 0 atom stereocenters. The summed E-state index contributed by atoms with van der Waals surface area (Å²) in [5, 5.41) is 18.7. The third kappa shape index (κ3) is 1.85. The minimum Gasteiger partial charge on any atom is -0.257 e. The maximum absolute atomic E-state index is 10.1. The fourth-order valence-electron chi connectivity index (χ4n) is 0.480. The molecule has 0 aromatic carbocycles. The van der Waals surface area contributed by atoms with Gasteiger partial charge in [-0.05, 0) is 11.3 Å². The normalized spacial score (nSPS) is 9.33. The summed E-state index contributed by atoms with van der Waals surface area (Å²) in [7, 11) is 0. The smallest absolute Gasteiger partial charge is 0.257 e. The molecule has 1 heterocycles. The molecule has 9 heteroatoms. The molecule has 1 aromatic rings. The summed E-state index contributed by atoms with van der Waals surface area (Å²) in [6.07, 6.45) is 0.955. The highest BCUT2D eigenvalue weighted by Gasteiger charge is 2.13. The number of anilines is 1. The standard InChI is InChI=1S/C3H2N4O4S/c8-6(9)2-1-4-3(12-2)5-7(10)11/h1H,(H,4,5). The van der Waals surface area contributed by atoms with Crippen LogP contribution in [0.3, 0.4) is 0 Å². The molecule has 0 bridgehead atoms. The predicted molar refractivity (Wildman–Crippen MR) is 39.4 cm³/mol. The lowest BCUT2D eigenvalue weighted by molar-refractivity contribution is -0.445. The first kappa shape index (κ1) is 8.33. The third-order valence-corrected chi connectivity index (χ3v) is 1.71. The average Bonchev–Trinajstić information content (AvgIpc) is 2.34. The highest BCUT2D eigenvalue weighted by molar-refractivity contribution is 7.18. The SMILES string of the molecule is O=[N+]([O-])Nc1ncc([N+](=O)[O-])s1. The Bertz CT molecular complexity index is 322. The number of nitro groups is 2. The van der Waals surface area contributed by atoms with Crippen molar-refractivity contribution in [1.29, 1.82) is 0 Å². The van der Waals surface area contributed by atoms with E-state index in [0.29, 0.717) is 11.3 Å². The number of hydrogen-bond donors (Lipinski definition) is 1. The van der Waals surface area contributed by atoms with Crippen molar-refractivity contribution in [3.63, 3.8) is 0 Å². The summed E-state index contributed by atoms with van der Waals surface area (Å²) in [5.41, 5.74) is 1.71. The van der Waals surface area contributed by atoms with Crippen LogP contribution in [0, 0.1) is 20.2 Å². The van der Waals surface area contributed by atoms with Gasteiger partial charge in [0.15, 0.2) is 5.03 Å². The molecule has 0 amide bonds. The second kappa shape index (κ2) is 3.09. The molecule has 1 rings (SSSR count). The molecule has 0 fully saturated rings. The Morgan fingerprint density at radius 1 is 1.50 bits per heavy atom. The zero-order valence-corrected chi connectivity index (χ0v) is 6.28. The van der Waals surface area contributed by atoms with Crippen LogP contribution in [-0.4, -0.2) is 14.9 Å². The molecule has 0 radical (unpaired) electrons. The minimum absolute atomic E-state index is 0.105. The summed E-state index contributed by atoms with van der Waals surface area (Å²) in [6.45, 7) is 0. The van der Waals surface area contributed by atoms with Crippen LogP contribution >= 0.6 is 11.3 Å². The monoisotopic (exact) mass is 190 g/mol. The lowest BCUT2D eigenvalue weighted by Gasteiger charge is -1.85. The van der Waals surface area contributed by atoms with Crippen LogP contribution in [0.5, 0.6) is 0 Å². The quantitative estimate of drug-likeness (QED) is 0.553. The van der Waals surface area contributed by atoms with Gasteiger partial charge in [0.2, 0.25) is 0 Å². The summed E-state index contributed by atoms with van der Waals surface area (Å²) < 4.78 is 0. The van der Waals surface area contributed by atoms with Crippen LogP contribution < -0.4 is 5.43 Å². The summed E-state index contributed by atoms with van der Waals surface area (Å²) >= 11 is 0.606. The van der Waals surface area contributed by atoms with Gasteiger partial charge in [-0.15, -0.1) is 0 Å². The predicted octanol–water partition coefficient (Wildman–Crippen LogP) is 0.655. The van der Waals surface area contributed by atoms with E-state index in [1.54, 1.807) is 5.43 Å². The topological polar surface area (TPSA) is 111 Å². The molecule has 0 aliphatic heterocycles. The van der Waals surface area contributed by atoms with Gasteiger partial charge < -0.3 is 0 Å². The Morgan fingerprint density at radius 3 is 2.58 bits per heavy atom. The van der Waals surface area contributed by atoms with Crippen LogP contribution in [0.1, 0.15) is 0 Å². The van der Waals surface area contributed by atoms with Crippen molar-refractivity contribution < 1.29 is 9.96 Å². The average molecular weight is 190 g/mol. The molecular weight excluding hydrogens is 188 g/mol. The molecule has 0 saturated heterocycles. The van der Waals surface area contributed by atoms with E-state index in [1.807, 2.05) is 0 Å². The van der Waals surface area contributed by atoms with Crippen molar-refractivity contribution in [2.24, 2.45) is 0 Å². The van der Waals surface area contributed by atoms with E-state index in [9.17, 15) is 20.2 Å². The Labute approximate surface area is 69.1 Å². The van der Waals surface area contributed by atoms with E-state index >= 15 is 0 Å². The number of nitrogens with zero attached hydrogens (tertiary/aromatic N) is 3. The molecule has 1 aromatic heterocycles. The number of hydrazine groups is 1. The molecule has 0 spiro atoms. The first-order valence-electron chi connectivity index (χ1n) is 2.61. The maximum Gasteiger partial charge on any atom is 0.345 e. The van der Waals surface area contributed by atoms with Gasteiger partial charge in [0.05, 0.1) is 4.92 Å². The Kier molecular flexibility index (Phi) is 2.14. The van der Waals surface area contributed by atoms with Crippen LogP contribution in [0.15, 0.2) is 6.20 Å².